The molecule has 1 saturated heterocycles. The first kappa shape index (κ1) is 21.3. The minimum absolute atomic E-state index is 0.0262. The predicted octanol–water partition coefficient (Wildman–Crippen LogP) is 3.67. The summed E-state index contributed by atoms with van der Waals surface area (Å²) in [6.07, 6.45) is 9.14. The first-order valence-electron chi connectivity index (χ1n) is 10.4. The van der Waals surface area contributed by atoms with Crippen molar-refractivity contribution >= 4 is 39.4 Å². The molecule has 0 radical (unpaired) electrons. The molecule has 1 amide bonds. The second kappa shape index (κ2) is 9.03. The minimum Gasteiger partial charge on any atom is -0.355 e. The summed E-state index contributed by atoms with van der Waals surface area (Å²) < 4.78 is 33.6. The molecule has 1 aliphatic heterocycles. The molecule has 0 spiro atoms. The third-order valence-corrected chi connectivity index (χ3v) is 8.69. The fraction of sp³-hybridized carbons (Fsp3) is 0.524. The molecule has 2 aromatic heterocycles. The summed E-state index contributed by atoms with van der Waals surface area (Å²) in [5.41, 5.74) is 0.332. The number of aromatic nitrogens is 1. The topological polar surface area (TPSA) is 92.5 Å². The average molecular weight is 450 g/mol. The summed E-state index contributed by atoms with van der Waals surface area (Å²) in [6, 6.07) is 4.10. The second-order valence-corrected chi connectivity index (χ2v) is 10.9. The number of hydrogen-bond donors (Lipinski definition) is 1. The number of thiophene rings is 1. The van der Waals surface area contributed by atoms with Crippen LogP contribution in [0.15, 0.2) is 26.9 Å². The smallest absolute Gasteiger partial charge is 0.248 e. The number of carbonyl (C=O) groups excluding carboxylic acids is 1. The van der Waals surface area contributed by atoms with Crippen molar-refractivity contribution in [3.8, 4) is 0 Å². The number of sulfonamides is 1. The molecule has 1 unspecified atom stereocenters. The van der Waals surface area contributed by atoms with Gasteiger partial charge in [0.25, 0.3) is 0 Å². The lowest BCUT2D eigenvalue weighted by Gasteiger charge is -2.31. The molecule has 2 fully saturated rings. The van der Waals surface area contributed by atoms with Crippen LogP contribution in [0.1, 0.15) is 54.9 Å². The maximum absolute atomic E-state index is 13.4. The van der Waals surface area contributed by atoms with Gasteiger partial charge >= 0.3 is 0 Å². The molecule has 7 nitrogen and oxygen atoms in total. The van der Waals surface area contributed by atoms with Gasteiger partial charge in [-0.05, 0) is 56.2 Å². The molecule has 2 aliphatic rings. The summed E-state index contributed by atoms with van der Waals surface area (Å²) in [6.45, 7) is 2.22. The van der Waals surface area contributed by atoms with Gasteiger partial charge in [0, 0.05) is 24.0 Å². The molecule has 30 heavy (non-hydrogen) atoms. The van der Waals surface area contributed by atoms with Crippen molar-refractivity contribution in [2.45, 2.75) is 56.4 Å². The van der Waals surface area contributed by atoms with Gasteiger partial charge in [0.05, 0.1) is 5.92 Å². The maximum atomic E-state index is 13.4. The van der Waals surface area contributed by atoms with Crippen molar-refractivity contribution in [3.63, 3.8) is 0 Å². The van der Waals surface area contributed by atoms with Crippen molar-refractivity contribution in [1.82, 2.24) is 14.8 Å². The van der Waals surface area contributed by atoms with Crippen LogP contribution in [0.5, 0.6) is 0 Å². The van der Waals surface area contributed by atoms with Crippen LogP contribution in [-0.4, -0.2) is 42.9 Å². The number of carbonyl (C=O) groups is 1. The largest absolute Gasteiger partial charge is 0.355 e. The van der Waals surface area contributed by atoms with E-state index in [1.807, 2.05) is 23.6 Å². The normalized spacial score (nSPS) is 21.4. The first-order chi connectivity index (χ1) is 14.4. The van der Waals surface area contributed by atoms with E-state index in [1.165, 1.54) is 4.31 Å². The van der Waals surface area contributed by atoms with Crippen LogP contribution < -0.4 is 5.32 Å². The van der Waals surface area contributed by atoms with Gasteiger partial charge in [-0.1, -0.05) is 24.1 Å². The van der Waals surface area contributed by atoms with Crippen LogP contribution in [0.25, 0.3) is 12.2 Å². The Morgan fingerprint density at radius 3 is 2.80 bits per heavy atom. The molecule has 162 valence electrons. The van der Waals surface area contributed by atoms with Gasteiger partial charge in [-0.2, -0.15) is 4.31 Å². The third-order valence-electron chi connectivity index (χ3n) is 5.83. The van der Waals surface area contributed by atoms with Crippen molar-refractivity contribution in [2.24, 2.45) is 5.92 Å². The maximum Gasteiger partial charge on any atom is 0.248 e. The molecule has 1 saturated carbocycles. The molecule has 1 aliphatic carbocycles. The number of amides is 1. The summed E-state index contributed by atoms with van der Waals surface area (Å²) in [5, 5.41) is 8.96. The van der Waals surface area contributed by atoms with Crippen LogP contribution in [0.2, 0.25) is 0 Å². The van der Waals surface area contributed by atoms with E-state index in [2.05, 4.69) is 10.5 Å². The molecular weight excluding hydrogens is 422 g/mol. The fourth-order valence-electron chi connectivity index (χ4n) is 4.24. The number of rotatable bonds is 6. The Hall–Kier alpha value is -1.97. The quantitative estimate of drug-likeness (QED) is 0.726. The van der Waals surface area contributed by atoms with E-state index in [9.17, 15) is 13.2 Å². The van der Waals surface area contributed by atoms with Gasteiger partial charge in [-0.25, -0.2) is 8.42 Å². The molecule has 4 rings (SSSR count). The predicted molar refractivity (Wildman–Crippen MR) is 116 cm³/mol. The minimum atomic E-state index is -3.82. The highest BCUT2D eigenvalue weighted by Crippen LogP contribution is 2.30. The zero-order chi connectivity index (χ0) is 21.1. The van der Waals surface area contributed by atoms with Gasteiger partial charge in [0.15, 0.2) is 10.7 Å². The van der Waals surface area contributed by atoms with Crippen molar-refractivity contribution in [1.29, 1.82) is 0 Å². The van der Waals surface area contributed by atoms with Crippen molar-refractivity contribution < 1.29 is 17.7 Å². The highest BCUT2D eigenvalue weighted by atomic mass is 32.2. The fourth-order valence-corrected chi connectivity index (χ4v) is 6.63. The number of nitrogens with one attached hydrogen (secondary N) is 1. The second-order valence-electron chi connectivity index (χ2n) is 8.00. The lowest BCUT2D eigenvalue weighted by molar-refractivity contribution is -0.126. The van der Waals surface area contributed by atoms with E-state index >= 15 is 0 Å². The lowest BCUT2D eigenvalue weighted by atomic mass is 9.98. The van der Waals surface area contributed by atoms with Gasteiger partial charge in [0.2, 0.25) is 15.9 Å². The molecular formula is C21H27N3O4S2. The van der Waals surface area contributed by atoms with Gasteiger partial charge in [-0.3, -0.25) is 4.79 Å². The molecule has 3 heterocycles. The third kappa shape index (κ3) is 4.53. The zero-order valence-electron chi connectivity index (χ0n) is 17.0. The van der Waals surface area contributed by atoms with E-state index in [4.69, 9.17) is 4.52 Å². The van der Waals surface area contributed by atoms with E-state index in [-0.39, 0.29) is 35.1 Å². The highest BCUT2D eigenvalue weighted by molar-refractivity contribution is 7.89. The van der Waals surface area contributed by atoms with Crippen LogP contribution in [0, 0.1) is 12.8 Å². The van der Waals surface area contributed by atoms with Gasteiger partial charge in [-0.15, -0.1) is 11.3 Å². The molecule has 1 N–H and O–H groups in total. The Labute approximate surface area is 181 Å². The first-order valence-corrected chi connectivity index (χ1v) is 12.8. The van der Waals surface area contributed by atoms with E-state index in [0.29, 0.717) is 25.1 Å². The summed E-state index contributed by atoms with van der Waals surface area (Å²) in [7, 11) is -3.82. The lowest BCUT2D eigenvalue weighted by Crippen LogP contribution is -2.47. The Kier molecular flexibility index (Phi) is 6.40. The van der Waals surface area contributed by atoms with Gasteiger partial charge in [0.1, 0.15) is 5.69 Å². The number of hydrogen-bond acceptors (Lipinski definition) is 6. The van der Waals surface area contributed by atoms with Crippen LogP contribution in [0.3, 0.4) is 0 Å². The van der Waals surface area contributed by atoms with E-state index in [0.717, 1.165) is 30.6 Å². The van der Waals surface area contributed by atoms with Crippen LogP contribution >= 0.6 is 11.3 Å². The Morgan fingerprint density at radius 1 is 1.27 bits per heavy atom. The zero-order valence-corrected chi connectivity index (χ0v) is 18.7. The SMILES string of the molecule is Cc1noc(/C=C/c2cccs2)c1S(=O)(=O)N1CCCC(C(=O)NC2CCCC2)C1. The van der Waals surface area contributed by atoms with E-state index < -0.39 is 10.0 Å². The summed E-state index contributed by atoms with van der Waals surface area (Å²) in [4.78, 5) is 13.8. The Morgan fingerprint density at radius 2 is 2.07 bits per heavy atom. The summed E-state index contributed by atoms with van der Waals surface area (Å²) in [5.74, 6) is -0.125. The average Bonchev–Trinajstić information content (AvgIpc) is 3.49. The molecule has 0 aromatic carbocycles. The number of nitrogens with zero attached hydrogens (tertiary/aromatic N) is 2. The van der Waals surface area contributed by atoms with E-state index in [1.54, 1.807) is 24.3 Å². The van der Waals surface area contributed by atoms with Crippen LogP contribution in [0.4, 0.5) is 0 Å². The van der Waals surface area contributed by atoms with Gasteiger partial charge < -0.3 is 9.84 Å². The number of aryl methyl sites for hydroxylation is 1. The van der Waals surface area contributed by atoms with Crippen molar-refractivity contribution in [3.05, 3.63) is 33.8 Å². The monoisotopic (exact) mass is 449 g/mol. The molecule has 9 heteroatoms. The Bertz CT molecular complexity index is 1010. The Balaban J connectivity index is 1.51. The summed E-state index contributed by atoms with van der Waals surface area (Å²) >= 11 is 1.55. The highest BCUT2D eigenvalue weighted by Gasteiger charge is 2.37. The van der Waals surface area contributed by atoms with Crippen LogP contribution in [-0.2, 0) is 14.8 Å². The number of piperidine rings is 1. The standard InChI is InChI=1S/C21H27N3O4S2/c1-15-20(19(28-23-15)11-10-18-9-5-13-29-18)30(26,27)24-12-4-6-16(14-24)21(25)22-17-7-2-3-8-17/h5,9-11,13,16-17H,2-4,6-8,12,14H2,1H3,(H,22,25)/b11-10+. The molecule has 2 aromatic rings. The van der Waals surface area contributed by atoms with Crippen molar-refractivity contribution in [2.75, 3.05) is 13.1 Å². The molecule has 1 atom stereocenters. The molecule has 0 bridgehead atoms.